The summed E-state index contributed by atoms with van der Waals surface area (Å²) in [5, 5.41) is 0. The van der Waals surface area contributed by atoms with Crippen molar-refractivity contribution in [2.45, 2.75) is 71.1 Å². The average Bonchev–Trinajstić information content (AvgIpc) is 2.70. The molecular weight excluding hydrogens is 200 g/mol. The zero-order valence-corrected chi connectivity index (χ0v) is 10.5. The topological polar surface area (TPSA) is 34.1 Å². The molecule has 16 heavy (non-hydrogen) atoms. The highest BCUT2D eigenvalue weighted by atomic mass is 16.1. The molecule has 2 heteroatoms. The van der Waals surface area contributed by atoms with E-state index < -0.39 is 0 Å². The molecule has 0 aromatic carbocycles. The van der Waals surface area contributed by atoms with Gasteiger partial charge < -0.3 is 0 Å². The molecule has 0 aromatic rings. The Morgan fingerprint density at radius 1 is 1.19 bits per heavy atom. The third kappa shape index (κ3) is 4.91. The quantitative estimate of drug-likeness (QED) is 0.589. The van der Waals surface area contributed by atoms with Crippen molar-refractivity contribution < 1.29 is 9.59 Å². The number of ketones is 2. The van der Waals surface area contributed by atoms with Crippen LogP contribution in [-0.2, 0) is 9.59 Å². The fraction of sp³-hybridized carbons (Fsp3) is 0.857. The summed E-state index contributed by atoms with van der Waals surface area (Å²) in [5.41, 5.74) is 0. The molecule has 1 rings (SSSR count). The second-order valence-electron chi connectivity index (χ2n) is 4.96. The lowest BCUT2D eigenvalue weighted by Crippen LogP contribution is -2.10. The average molecular weight is 224 g/mol. The van der Waals surface area contributed by atoms with E-state index in [0.717, 1.165) is 12.8 Å². The van der Waals surface area contributed by atoms with Crippen LogP contribution in [0.5, 0.6) is 0 Å². The van der Waals surface area contributed by atoms with Crippen molar-refractivity contribution in [2.75, 3.05) is 0 Å². The van der Waals surface area contributed by atoms with E-state index in [1.807, 2.05) is 0 Å². The van der Waals surface area contributed by atoms with Gasteiger partial charge in [0, 0.05) is 25.2 Å². The normalized spacial score (nSPS) is 20.3. The van der Waals surface area contributed by atoms with Gasteiger partial charge >= 0.3 is 0 Å². The van der Waals surface area contributed by atoms with Crippen LogP contribution in [0.3, 0.4) is 0 Å². The zero-order valence-electron chi connectivity index (χ0n) is 10.5. The second-order valence-corrected chi connectivity index (χ2v) is 4.96. The van der Waals surface area contributed by atoms with Gasteiger partial charge in [0.25, 0.3) is 0 Å². The zero-order chi connectivity index (χ0) is 11.8. The smallest absolute Gasteiger partial charge is 0.136 e. The van der Waals surface area contributed by atoms with Crippen LogP contribution < -0.4 is 0 Å². The van der Waals surface area contributed by atoms with Crippen molar-refractivity contribution in [3.63, 3.8) is 0 Å². The summed E-state index contributed by atoms with van der Waals surface area (Å²) >= 11 is 0. The Balaban J connectivity index is 2.00. The van der Waals surface area contributed by atoms with Gasteiger partial charge in [-0.25, -0.2) is 0 Å². The molecule has 1 atom stereocenters. The summed E-state index contributed by atoms with van der Waals surface area (Å²) in [6, 6.07) is 0. The maximum absolute atomic E-state index is 11.7. The largest absolute Gasteiger partial charge is 0.300 e. The number of hydrogen-bond donors (Lipinski definition) is 0. The number of Topliss-reactive ketones (excluding diaryl/α,β-unsaturated/α-hetero) is 2. The standard InChI is InChI=1S/C14H24O2/c1-2-3-4-5-6-7-8-14(16)12-9-10-13(15)11-12/h12H,2-11H2,1H3. The van der Waals surface area contributed by atoms with Crippen LogP contribution >= 0.6 is 0 Å². The van der Waals surface area contributed by atoms with Crippen LogP contribution in [0.4, 0.5) is 0 Å². The van der Waals surface area contributed by atoms with E-state index in [1.54, 1.807) is 0 Å². The maximum Gasteiger partial charge on any atom is 0.136 e. The van der Waals surface area contributed by atoms with E-state index in [4.69, 9.17) is 0 Å². The number of carbonyl (C=O) groups is 2. The number of hydrogen-bond acceptors (Lipinski definition) is 2. The van der Waals surface area contributed by atoms with E-state index in [1.165, 1.54) is 32.1 Å². The summed E-state index contributed by atoms with van der Waals surface area (Å²) in [4.78, 5) is 22.8. The molecule has 0 bridgehead atoms. The lowest BCUT2D eigenvalue weighted by Gasteiger charge is -2.06. The number of unbranched alkanes of at least 4 members (excludes halogenated alkanes) is 5. The molecule has 0 heterocycles. The van der Waals surface area contributed by atoms with Gasteiger partial charge in [0.2, 0.25) is 0 Å². The van der Waals surface area contributed by atoms with Gasteiger partial charge in [-0.1, -0.05) is 39.0 Å². The van der Waals surface area contributed by atoms with Crippen LogP contribution in [0.2, 0.25) is 0 Å². The third-order valence-corrected chi connectivity index (χ3v) is 3.48. The highest BCUT2D eigenvalue weighted by Gasteiger charge is 2.27. The first kappa shape index (κ1) is 13.4. The van der Waals surface area contributed by atoms with Gasteiger partial charge in [-0.05, 0) is 12.8 Å². The lowest BCUT2D eigenvalue weighted by molar-refractivity contribution is -0.124. The van der Waals surface area contributed by atoms with Crippen LogP contribution in [-0.4, -0.2) is 11.6 Å². The first-order chi connectivity index (χ1) is 7.74. The van der Waals surface area contributed by atoms with Crippen molar-refractivity contribution >= 4 is 11.6 Å². The molecule has 1 aliphatic rings. The minimum Gasteiger partial charge on any atom is -0.300 e. The van der Waals surface area contributed by atoms with Crippen LogP contribution in [0.1, 0.15) is 71.1 Å². The summed E-state index contributed by atoms with van der Waals surface area (Å²) < 4.78 is 0. The molecule has 2 nitrogen and oxygen atoms in total. The SMILES string of the molecule is CCCCCCCCC(=O)C1CCC(=O)C1. The summed E-state index contributed by atoms with van der Waals surface area (Å²) in [6.45, 7) is 2.21. The van der Waals surface area contributed by atoms with Crippen LogP contribution in [0, 0.1) is 5.92 Å². The van der Waals surface area contributed by atoms with Crippen LogP contribution in [0.25, 0.3) is 0 Å². The number of rotatable bonds is 8. The van der Waals surface area contributed by atoms with Crippen molar-refractivity contribution in [1.29, 1.82) is 0 Å². The minimum atomic E-state index is 0.0724. The fourth-order valence-corrected chi connectivity index (χ4v) is 2.37. The van der Waals surface area contributed by atoms with Crippen molar-refractivity contribution in [3.05, 3.63) is 0 Å². The van der Waals surface area contributed by atoms with Gasteiger partial charge in [0.05, 0.1) is 0 Å². The van der Waals surface area contributed by atoms with Gasteiger partial charge in [-0.15, -0.1) is 0 Å². The summed E-state index contributed by atoms with van der Waals surface area (Å²) in [7, 11) is 0. The molecular formula is C14H24O2. The first-order valence-corrected chi connectivity index (χ1v) is 6.78. The Hall–Kier alpha value is -0.660. The molecule has 1 unspecified atom stereocenters. The maximum atomic E-state index is 11.7. The molecule has 0 amide bonds. The Morgan fingerprint density at radius 3 is 2.50 bits per heavy atom. The molecule has 92 valence electrons. The minimum absolute atomic E-state index is 0.0724. The highest BCUT2D eigenvalue weighted by Crippen LogP contribution is 2.24. The van der Waals surface area contributed by atoms with E-state index in [2.05, 4.69) is 6.92 Å². The molecule has 1 fully saturated rings. The predicted octanol–water partition coefficient (Wildman–Crippen LogP) is 3.68. The molecule has 0 saturated heterocycles. The predicted molar refractivity (Wildman–Crippen MR) is 65.3 cm³/mol. The van der Waals surface area contributed by atoms with Crippen molar-refractivity contribution in [1.82, 2.24) is 0 Å². The monoisotopic (exact) mass is 224 g/mol. The van der Waals surface area contributed by atoms with E-state index in [-0.39, 0.29) is 11.7 Å². The van der Waals surface area contributed by atoms with Gasteiger partial charge in [0.15, 0.2) is 0 Å². The third-order valence-electron chi connectivity index (χ3n) is 3.48. The molecule has 0 N–H and O–H groups in total. The van der Waals surface area contributed by atoms with Gasteiger partial charge in [-0.2, -0.15) is 0 Å². The second kappa shape index (κ2) is 7.59. The van der Waals surface area contributed by atoms with Crippen molar-refractivity contribution in [2.24, 2.45) is 5.92 Å². The molecule has 1 aliphatic carbocycles. The van der Waals surface area contributed by atoms with Crippen LogP contribution in [0.15, 0.2) is 0 Å². The summed E-state index contributed by atoms with van der Waals surface area (Å²) in [5.74, 6) is 0.686. The summed E-state index contributed by atoms with van der Waals surface area (Å²) in [6.07, 6.45) is 9.99. The Labute approximate surface area is 98.8 Å². The van der Waals surface area contributed by atoms with Crippen molar-refractivity contribution in [3.8, 4) is 0 Å². The first-order valence-electron chi connectivity index (χ1n) is 6.78. The van der Waals surface area contributed by atoms with Gasteiger partial charge in [0.1, 0.15) is 11.6 Å². The van der Waals surface area contributed by atoms with E-state index in [9.17, 15) is 9.59 Å². The molecule has 0 spiro atoms. The molecule has 1 saturated carbocycles. The van der Waals surface area contributed by atoms with E-state index >= 15 is 0 Å². The highest BCUT2D eigenvalue weighted by molar-refractivity contribution is 5.90. The molecule has 0 aliphatic heterocycles. The molecule has 0 aromatic heterocycles. The number of carbonyl (C=O) groups excluding carboxylic acids is 2. The lowest BCUT2D eigenvalue weighted by atomic mass is 9.97. The van der Waals surface area contributed by atoms with Gasteiger partial charge in [-0.3, -0.25) is 9.59 Å². The fourth-order valence-electron chi connectivity index (χ4n) is 2.37. The molecule has 0 radical (unpaired) electrons. The van der Waals surface area contributed by atoms with E-state index in [0.29, 0.717) is 25.0 Å². The Morgan fingerprint density at radius 2 is 1.88 bits per heavy atom. The Kier molecular flexibility index (Phi) is 6.36. The Bertz CT molecular complexity index is 233.